The number of esters is 1. The molecule has 0 saturated carbocycles. The van der Waals surface area contributed by atoms with Gasteiger partial charge in [0.25, 0.3) is 0 Å². The zero-order valence-electron chi connectivity index (χ0n) is 12.8. The average Bonchev–Trinajstić information content (AvgIpc) is 2.93. The molecule has 4 rings (SSSR count). The zero-order valence-corrected chi connectivity index (χ0v) is 12.8. The lowest BCUT2D eigenvalue weighted by molar-refractivity contribution is 0.0525. The standard InChI is InChI=1S/C17H14N4O2/c1-3-23-17(22)11-9-12-13(19-10(11)2)6-8-21-14-5-4-7-18-15(14)20-16(12)21/h4-9H,3H2,1-2H3. The molecule has 0 aromatic carbocycles. The molecule has 0 aliphatic rings. The molecular formula is C17H14N4O2. The van der Waals surface area contributed by atoms with E-state index in [0.29, 0.717) is 23.5 Å². The lowest BCUT2D eigenvalue weighted by Crippen LogP contribution is -2.08. The quantitative estimate of drug-likeness (QED) is 0.533. The van der Waals surface area contributed by atoms with E-state index < -0.39 is 0 Å². The van der Waals surface area contributed by atoms with Crippen LogP contribution in [0.1, 0.15) is 23.0 Å². The summed E-state index contributed by atoms with van der Waals surface area (Å²) in [5.41, 5.74) is 4.22. The van der Waals surface area contributed by atoms with Crippen molar-refractivity contribution < 1.29 is 9.53 Å². The third kappa shape index (κ3) is 2.03. The van der Waals surface area contributed by atoms with E-state index in [9.17, 15) is 4.79 Å². The molecule has 4 heterocycles. The van der Waals surface area contributed by atoms with Crippen molar-refractivity contribution in [3.63, 3.8) is 0 Å². The molecule has 6 nitrogen and oxygen atoms in total. The first-order chi connectivity index (χ1) is 11.2. The fourth-order valence-corrected chi connectivity index (χ4v) is 2.76. The third-order valence-corrected chi connectivity index (χ3v) is 3.83. The van der Waals surface area contributed by atoms with Crippen molar-refractivity contribution in [2.45, 2.75) is 13.8 Å². The number of hydrogen-bond acceptors (Lipinski definition) is 5. The Bertz CT molecular complexity index is 1070. The molecular weight excluding hydrogens is 292 g/mol. The highest BCUT2D eigenvalue weighted by atomic mass is 16.5. The van der Waals surface area contributed by atoms with Gasteiger partial charge in [-0.3, -0.25) is 9.38 Å². The highest BCUT2D eigenvalue weighted by molar-refractivity contribution is 6.01. The summed E-state index contributed by atoms with van der Waals surface area (Å²) < 4.78 is 7.07. The first kappa shape index (κ1) is 13.6. The predicted molar refractivity (Wildman–Crippen MR) is 86.5 cm³/mol. The van der Waals surface area contributed by atoms with Crippen LogP contribution in [-0.4, -0.2) is 31.9 Å². The Balaban J connectivity index is 2.07. The summed E-state index contributed by atoms with van der Waals surface area (Å²) in [6, 6.07) is 7.55. The van der Waals surface area contributed by atoms with Gasteiger partial charge in [0.05, 0.1) is 28.9 Å². The van der Waals surface area contributed by atoms with E-state index in [2.05, 4.69) is 15.0 Å². The Morgan fingerprint density at radius 2 is 2.17 bits per heavy atom. The molecule has 0 radical (unpaired) electrons. The largest absolute Gasteiger partial charge is 0.462 e. The van der Waals surface area contributed by atoms with Crippen molar-refractivity contribution in [2.24, 2.45) is 0 Å². The molecule has 0 unspecified atom stereocenters. The zero-order chi connectivity index (χ0) is 16.0. The lowest BCUT2D eigenvalue weighted by atomic mass is 10.1. The van der Waals surface area contributed by atoms with E-state index in [4.69, 9.17) is 4.74 Å². The summed E-state index contributed by atoms with van der Waals surface area (Å²) in [7, 11) is 0. The highest BCUT2D eigenvalue weighted by Gasteiger charge is 2.15. The fraction of sp³-hybridized carbons (Fsp3) is 0.176. The van der Waals surface area contributed by atoms with E-state index in [-0.39, 0.29) is 5.97 Å². The van der Waals surface area contributed by atoms with E-state index in [1.165, 1.54) is 0 Å². The minimum Gasteiger partial charge on any atom is -0.462 e. The second kappa shape index (κ2) is 5.01. The maximum Gasteiger partial charge on any atom is 0.339 e. The Labute approximate surface area is 131 Å². The van der Waals surface area contributed by atoms with Crippen molar-refractivity contribution >= 4 is 33.7 Å². The van der Waals surface area contributed by atoms with Crippen LogP contribution in [0.4, 0.5) is 0 Å². The van der Waals surface area contributed by atoms with Crippen molar-refractivity contribution in [1.82, 2.24) is 19.4 Å². The Hall–Kier alpha value is -3.02. The number of aromatic nitrogens is 4. The van der Waals surface area contributed by atoms with Crippen molar-refractivity contribution in [1.29, 1.82) is 0 Å². The SMILES string of the molecule is CCOC(=O)c1cc2c(ccn3c4cccnc4nc23)nc1C. The number of hydrogen-bond donors (Lipinski definition) is 0. The van der Waals surface area contributed by atoms with Gasteiger partial charge in [-0.25, -0.2) is 14.8 Å². The molecule has 4 aromatic rings. The van der Waals surface area contributed by atoms with Crippen LogP contribution in [0.15, 0.2) is 36.7 Å². The van der Waals surface area contributed by atoms with Crippen LogP contribution in [-0.2, 0) is 4.74 Å². The first-order valence-corrected chi connectivity index (χ1v) is 7.39. The van der Waals surface area contributed by atoms with E-state index in [1.54, 1.807) is 26.1 Å². The van der Waals surface area contributed by atoms with Gasteiger partial charge >= 0.3 is 5.97 Å². The molecule has 0 N–H and O–H groups in total. The van der Waals surface area contributed by atoms with Gasteiger partial charge in [0.15, 0.2) is 5.65 Å². The van der Waals surface area contributed by atoms with E-state index in [1.807, 2.05) is 28.8 Å². The third-order valence-electron chi connectivity index (χ3n) is 3.83. The summed E-state index contributed by atoms with van der Waals surface area (Å²) in [5.74, 6) is -0.365. The second-order valence-electron chi connectivity index (χ2n) is 5.24. The van der Waals surface area contributed by atoms with Gasteiger partial charge in [-0.1, -0.05) is 0 Å². The topological polar surface area (TPSA) is 69.4 Å². The van der Waals surface area contributed by atoms with Crippen LogP contribution >= 0.6 is 0 Å². The molecule has 0 bridgehead atoms. The van der Waals surface area contributed by atoms with E-state index in [0.717, 1.165) is 22.1 Å². The van der Waals surface area contributed by atoms with Crippen LogP contribution in [0.2, 0.25) is 0 Å². The Kier molecular flexibility index (Phi) is 2.97. The summed E-state index contributed by atoms with van der Waals surface area (Å²) in [5, 5.41) is 0.805. The van der Waals surface area contributed by atoms with Gasteiger partial charge in [0, 0.05) is 17.8 Å². The Morgan fingerprint density at radius 1 is 1.30 bits per heavy atom. The van der Waals surface area contributed by atoms with Crippen LogP contribution < -0.4 is 0 Å². The maximum absolute atomic E-state index is 12.1. The summed E-state index contributed by atoms with van der Waals surface area (Å²) in [6.07, 6.45) is 3.63. The molecule has 0 atom stereocenters. The van der Waals surface area contributed by atoms with Gasteiger partial charge < -0.3 is 4.74 Å². The monoisotopic (exact) mass is 306 g/mol. The summed E-state index contributed by atoms with van der Waals surface area (Å²) in [6.45, 7) is 3.92. The van der Waals surface area contributed by atoms with Crippen LogP contribution in [0.5, 0.6) is 0 Å². The number of carbonyl (C=O) groups excluding carboxylic acids is 1. The number of ether oxygens (including phenoxy) is 1. The smallest absolute Gasteiger partial charge is 0.339 e. The van der Waals surface area contributed by atoms with Crippen molar-refractivity contribution in [3.05, 3.63) is 47.9 Å². The summed E-state index contributed by atoms with van der Waals surface area (Å²) in [4.78, 5) is 25.5. The molecule has 0 fully saturated rings. The lowest BCUT2D eigenvalue weighted by Gasteiger charge is -2.07. The molecule has 6 heteroatoms. The molecule has 0 aliphatic carbocycles. The molecule has 23 heavy (non-hydrogen) atoms. The normalized spacial score (nSPS) is 11.4. The van der Waals surface area contributed by atoms with E-state index >= 15 is 0 Å². The van der Waals surface area contributed by atoms with Gasteiger partial charge in [-0.05, 0) is 38.1 Å². The van der Waals surface area contributed by atoms with Gasteiger partial charge in [-0.2, -0.15) is 0 Å². The van der Waals surface area contributed by atoms with Crippen molar-refractivity contribution in [2.75, 3.05) is 6.61 Å². The minimum atomic E-state index is -0.365. The predicted octanol–water partition coefficient (Wildman–Crippen LogP) is 2.92. The molecule has 114 valence electrons. The molecule has 0 amide bonds. The van der Waals surface area contributed by atoms with Gasteiger partial charge in [-0.15, -0.1) is 0 Å². The van der Waals surface area contributed by atoms with Crippen LogP contribution in [0.25, 0.3) is 27.7 Å². The number of fused-ring (bicyclic) bond motifs is 5. The number of rotatable bonds is 2. The number of imidazole rings is 1. The minimum absolute atomic E-state index is 0.331. The van der Waals surface area contributed by atoms with Crippen LogP contribution in [0.3, 0.4) is 0 Å². The Morgan fingerprint density at radius 3 is 3.00 bits per heavy atom. The van der Waals surface area contributed by atoms with Crippen LogP contribution in [0, 0.1) is 6.92 Å². The molecule has 0 aliphatic heterocycles. The maximum atomic E-state index is 12.1. The number of nitrogens with zero attached hydrogens (tertiary/aromatic N) is 4. The second-order valence-corrected chi connectivity index (χ2v) is 5.24. The fourth-order valence-electron chi connectivity index (χ4n) is 2.76. The molecule has 0 spiro atoms. The highest BCUT2D eigenvalue weighted by Crippen LogP contribution is 2.24. The summed E-state index contributed by atoms with van der Waals surface area (Å²) >= 11 is 0. The number of aryl methyl sites for hydroxylation is 1. The van der Waals surface area contributed by atoms with Gasteiger partial charge in [0.1, 0.15) is 5.65 Å². The first-order valence-electron chi connectivity index (χ1n) is 7.39. The average molecular weight is 306 g/mol. The molecule has 0 saturated heterocycles. The van der Waals surface area contributed by atoms with Gasteiger partial charge in [0.2, 0.25) is 0 Å². The number of pyridine rings is 3. The van der Waals surface area contributed by atoms with Crippen molar-refractivity contribution in [3.8, 4) is 0 Å². The molecule has 4 aromatic heterocycles. The number of carbonyl (C=O) groups is 1.